The molecule has 0 radical (unpaired) electrons. The fourth-order valence-corrected chi connectivity index (χ4v) is 2.13. The van der Waals surface area contributed by atoms with Gasteiger partial charge < -0.3 is 10.1 Å². The van der Waals surface area contributed by atoms with Gasteiger partial charge in [-0.1, -0.05) is 13.8 Å². The Hall–Kier alpha value is -0.870. The highest BCUT2D eigenvalue weighted by molar-refractivity contribution is 5.24. The topological polar surface area (TPSA) is 39.1 Å². The predicted octanol–water partition coefficient (Wildman–Crippen LogP) is 1.93. The summed E-state index contributed by atoms with van der Waals surface area (Å²) in [7, 11) is 1.73. The van der Waals surface area contributed by atoms with Gasteiger partial charge >= 0.3 is 0 Å². The first-order valence-corrected chi connectivity index (χ1v) is 6.78. The number of nitrogens with one attached hydrogen (secondary N) is 1. The molecule has 4 heteroatoms. The van der Waals surface area contributed by atoms with Crippen molar-refractivity contribution in [1.82, 2.24) is 15.1 Å². The van der Waals surface area contributed by atoms with Crippen molar-refractivity contribution in [2.24, 2.45) is 5.92 Å². The second-order valence-corrected chi connectivity index (χ2v) is 5.22. The number of methoxy groups -OCH3 is 1. The first-order valence-electron chi connectivity index (χ1n) is 6.78. The van der Waals surface area contributed by atoms with Gasteiger partial charge in [0.1, 0.15) is 0 Å². The Labute approximate surface area is 111 Å². The molecule has 104 valence electrons. The van der Waals surface area contributed by atoms with Crippen molar-refractivity contribution in [2.75, 3.05) is 26.8 Å². The minimum Gasteiger partial charge on any atom is -0.383 e. The van der Waals surface area contributed by atoms with Crippen LogP contribution >= 0.6 is 0 Å². The lowest BCUT2D eigenvalue weighted by Crippen LogP contribution is -2.22. The molecule has 0 aliphatic rings. The van der Waals surface area contributed by atoms with Crippen LogP contribution in [-0.2, 0) is 17.7 Å². The van der Waals surface area contributed by atoms with Crippen molar-refractivity contribution in [2.45, 2.75) is 40.7 Å². The van der Waals surface area contributed by atoms with E-state index in [1.165, 1.54) is 17.0 Å². The maximum absolute atomic E-state index is 5.01. The van der Waals surface area contributed by atoms with E-state index in [2.05, 4.69) is 42.8 Å². The Bertz CT molecular complexity index is 358. The average molecular weight is 253 g/mol. The maximum Gasteiger partial charge on any atom is 0.0628 e. The van der Waals surface area contributed by atoms with Gasteiger partial charge in [0, 0.05) is 25.9 Å². The second-order valence-electron chi connectivity index (χ2n) is 5.22. The highest BCUT2D eigenvalue weighted by atomic mass is 16.5. The minimum absolute atomic E-state index is 0.635. The third kappa shape index (κ3) is 4.42. The van der Waals surface area contributed by atoms with Gasteiger partial charge in [0.2, 0.25) is 0 Å². The van der Waals surface area contributed by atoms with Gasteiger partial charge in [-0.2, -0.15) is 5.10 Å². The van der Waals surface area contributed by atoms with Crippen LogP contribution in [0.25, 0.3) is 0 Å². The van der Waals surface area contributed by atoms with E-state index in [1.54, 1.807) is 7.11 Å². The lowest BCUT2D eigenvalue weighted by atomic mass is 10.1. The van der Waals surface area contributed by atoms with Gasteiger partial charge in [-0.25, -0.2) is 0 Å². The zero-order valence-corrected chi connectivity index (χ0v) is 12.4. The van der Waals surface area contributed by atoms with Gasteiger partial charge in [0.15, 0.2) is 0 Å². The third-order valence-electron chi connectivity index (χ3n) is 3.10. The normalized spacial score (nSPS) is 11.4. The Morgan fingerprint density at radius 3 is 2.61 bits per heavy atom. The summed E-state index contributed by atoms with van der Waals surface area (Å²) in [6.07, 6.45) is 1.04. The molecule has 0 spiro atoms. The van der Waals surface area contributed by atoms with E-state index in [4.69, 9.17) is 4.74 Å². The summed E-state index contributed by atoms with van der Waals surface area (Å²) in [5.41, 5.74) is 3.87. The van der Waals surface area contributed by atoms with Crippen molar-refractivity contribution >= 4 is 0 Å². The molecule has 0 saturated carbocycles. The highest BCUT2D eigenvalue weighted by Crippen LogP contribution is 2.14. The molecule has 0 aliphatic carbocycles. The molecule has 1 rings (SSSR count). The summed E-state index contributed by atoms with van der Waals surface area (Å²) >= 11 is 0. The lowest BCUT2D eigenvalue weighted by Gasteiger charge is -2.08. The summed E-state index contributed by atoms with van der Waals surface area (Å²) in [6, 6.07) is 0. The van der Waals surface area contributed by atoms with Crippen LogP contribution in [0, 0.1) is 19.8 Å². The van der Waals surface area contributed by atoms with E-state index < -0.39 is 0 Å². The van der Waals surface area contributed by atoms with Crippen molar-refractivity contribution in [1.29, 1.82) is 0 Å². The molecule has 1 aromatic heterocycles. The molecule has 0 aliphatic heterocycles. The number of ether oxygens (including phenoxy) is 1. The maximum atomic E-state index is 5.01. The summed E-state index contributed by atoms with van der Waals surface area (Å²) in [4.78, 5) is 0. The minimum atomic E-state index is 0.635. The van der Waals surface area contributed by atoms with Gasteiger partial charge in [-0.3, -0.25) is 4.68 Å². The van der Waals surface area contributed by atoms with Crippen molar-refractivity contribution < 1.29 is 4.74 Å². The molecule has 4 nitrogen and oxygen atoms in total. The summed E-state index contributed by atoms with van der Waals surface area (Å²) < 4.78 is 7.15. The Kier molecular flexibility index (Phi) is 6.36. The van der Waals surface area contributed by atoms with E-state index in [-0.39, 0.29) is 0 Å². The van der Waals surface area contributed by atoms with E-state index in [1.807, 2.05) is 0 Å². The molecule has 0 aromatic carbocycles. The quantitative estimate of drug-likeness (QED) is 0.720. The fraction of sp³-hybridized carbons (Fsp3) is 0.786. The molecule has 0 atom stereocenters. The van der Waals surface area contributed by atoms with Gasteiger partial charge in [0.25, 0.3) is 0 Å². The first-order chi connectivity index (χ1) is 8.56. The van der Waals surface area contributed by atoms with Gasteiger partial charge in [-0.15, -0.1) is 0 Å². The number of aromatic nitrogens is 2. The number of hydrogen-bond acceptors (Lipinski definition) is 3. The molecule has 1 heterocycles. The van der Waals surface area contributed by atoms with E-state index in [9.17, 15) is 0 Å². The Morgan fingerprint density at radius 1 is 1.28 bits per heavy atom. The molecule has 0 unspecified atom stereocenters. The first kappa shape index (κ1) is 15.2. The van der Waals surface area contributed by atoms with Crippen LogP contribution in [0.5, 0.6) is 0 Å². The summed E-state index contributed by atoms with van der Waals surface area (Å²) in [5, 5.41) is 8.01. The smallest absolute Gasteiger partial charge is 0.0628 e. The van der Waals surface area contributed by atoms with Crippen LogP contribution in [0.15, 0.2) is 0 Å². The number of hydrogen-bond donors (Lipinski definition) is 1. The second kappa shape index (κ2) is 7.54. The van der Waals surface area contributed by atoms with Crippen molar-refractivity contribution in [3.8, 4) is 0 Å². The largest absolute Gasteiger partial charge is 0.383 e. The van der Waals surface area contributed by atoms with Crippen LogP contribution in [0.3, 0.4) is 0 Å². The summed E-state index contributed by atoms with van der Waals surface area (Å²) in [6.45, 7) is 12.4. The molecule has 0 amide bonds. The van der Waals surface area contributed by atoms with Gasteiger partial charge in [-0.05, 0) is 38.3 Å². The van der Waals surface area contributed by atoms with Crippen LogP contribution in [-0.4, -0.2) is 36.6 Å². The lowest BCUT2D eigenvalue weighted by molar-refractivity contribution is 0.199. The highest BCUT2D eigenvalue weighted by Gasteiger charge is 2.11. The number of aryl methyl sites for hydroxylation is 1. The van der Waals surface area contributed by atoms with E-state index in [0.29, 0.717) is 5.92 Å². The SMILES string of the molecule is COCCNCCc1c(C)nn(CC(C)C)c1C. The molecule has 18 heavy (non-hydrogen) atoms. The Morgan fingerprint density at radius 2 is 2.00 bits per heavy atom. The Balaban J connectivity index is 2.52. The van der Waals surface area contributed by atoms with E-state index >= 15 is 0 Å². The third-order valence-corrected chi connectivity index (χ3v) is 3.10. The fourth-order valence-electron chi connectivity index (χ4n) is 2.13. The molecular formula is C14H27N3O. The zero-order valence-electron chi connectivity index (χ0n) is 12.4. The van der Waals surface area contributed by atoms with E-state index in [0.717, 1.165) is 32.7 Å². The zero-order chi connectivity index (χ0) is 13.5. The molecule has 0 bridgehead atoms. The summed E-state index contributed by atoms with van der Waals surface area (Å²) in [5.74, 6) is 0.635. The molecule has 0 saturated heterocycles. The van der Waals surface area contributed by atoms with Crippen LogP contribution in [0.4, 0.5) is 0 Å². The van der Waals surface area contributed by atoms with Crippen LogP contribution in [0.1, 0.15) is 30.8 Å². The average Bonchev–Trinajstić information content (AvgIpc) is 2.55. The molecular weight excluding hydrogens is 226 g/mol. The number of nitrogens with zero attached hydrogens (tertiary/aromatic N) is 2. The van der Waals surface area contributed by atoms with Crippen LogP contribution in [0.2, 0.25) is 0 Å². The van der Waals surface area contributed by atoms with Crippen LogP contribution < -0.4 is 5.32 Å². The van der Waals surface area contributed by atoms with Crippen molar-refractivity contribution in [3.63, 3.8) is 0 Å². The standard InChI is InChI=1S/C14H27N3O/c1-11(2)10-17-13(4)14(12(3)16-17)6-7-15-8-9-18-5/h11,15H,6-10H2,1-5H3. The number of rotatable bonds is 8. The molecule has 1 aromatic rings. The molecule has 1 N–H and O–H groups in total. The van der Waals surface area contributed by atoms with Gasteiger partial charge in [0.05, 0.1) is 12.3 Å². The van der Waals surface area contributed by atoms with Crippen molar-refractivity contribution in [3.05, 3.63) is 17.0 Å². The molecule has 0 fully saturated rings. The monoisotopic (exact) mass is 253 g/mol. The predicted molar refractivity (Wildman–Crippen MR) is 75.0 cm³/mol.